The highest BCUT2D eigenvalue weighted by atomic mass is 32.1. The Bertz CT molecular complexity index is 447. The van der Waals surface area contributed by atoms with Crippen LogP contribution >= 0.6 is 12.2 Å². The molecule has 1 aliphatic heterocycles. The molecule has 0 radical (unpaired) electrons. The fourth-order valence-electron chi connectivity index (χ4n) is 2.34. The molecule has 0 unspecified atom stereocenters. The number of nitrogens with one attached hydrogen (secondary N) is 1. The predicted octanol–water partition coefficient (Wildman–Crippen LogP) is 1.72. The highest BCUT2D eigenvalue weighted by Crippen LogP contribution is 2.11. The first-order valence-electron chi connectivity index (χ1n) is 7.26. The van der Waals surface area contributed by atoms with Crippen molar-refractivity contribution in [2.75, 3.05) is 46.4 Å². The van der Waals surface area contributed by atoms with Gasteiger partial charge in [0.05, 0.1) is 6.61 Å². The Morgan fingerprint density at radius 2 is 1.90 bits per heavy atom. The first-order valence-corrected chi connectivity index (χ1v) is 7.67. The third-order valence-corrected chi connectivity index (χ3v) is 4.04. The lowest BCUT2D eigenvalue weighted by molar-refractivity contribution is 0.169. The molecule has 2 rings (SSSR count). The molecule has 0 spiro atoms. The Morgan fingerprint density at radius 3 is 2.52 bits per heavy atom. The van der Waals surface area contributed by atoms with E-state index in [0.717, 1.165) is 50.0 Å². The maximum absolute atomic E-state index is 12.8. The summed E-state index contributed by atoms with van der Waals surface area (Å²) in [6, 6.07) is 6.15. The smallest absolute Gasteiger partial charge is 0.168 e. The Hall–Kier alpha value is -1.40. The van der Waals surface area contributed by atoms with Crippen LogP contribution in [0.15, 0.2) is 24.3 Å². The molecule has 116 valence electrons. The summed E-state index contributed by atoms with van der Waals surface area (Å²) in [6.07, 6.45) is 0.966. The summed E-state index contributed by atoms with van der Waals surface area (Å²) >= 11 is 5.23. The molecule has 0 aromatic heterocycles. The molecule has 1 aromatic carbocycles. The zero-order valence-electron chi connectivity index (χ0n) is 12.3. The Labute approximate surface area is 130 Å². The molecule has 1 saturated heterocycles. The maximum Gasteiger partial charge on any atom is 0.168 e. The molecule has 1 N–H and O–H groups in total. The third kappa shape index (κ3) is 5.13. The van der Waals surface area contributed by atoms with E-state index in [9.17, 15) is 4.39 Å². The SMILES string of the molecule is CNC(=S)N1CCN(CCCOc2ccc(F)cc2)CC1. The molecule has 1 aromatic rings. The number of piperazine rings is 1. The number of hydrogen-bond acceptors (Lipinski definition) is 3. The topological polar surface area (TPSA) is 27.7 Å². The average Bonchev–Trinajstić information content (AvgIpc) is 2.53. The minimum Gasteiger partial charge on any atom is -0.494 e. The van der Waals surface area contributed by atoms with E-state index < -0.39 is 0 Å². The van der Waals surface area contributed by atoms with E-state index in [1.807, 2.05) is 7.05 Å². The van der Waals surface area contributed by atoms with E-state index in [4.69, 9.17) is 17.0 Å². The van der Waals surface area contributed by atoms with Crippen molar-refractivity contribution >= 4 is 17.3 Å². The summed E-state index contributed by atoms with van der Waals surface area (Å²) in [7, 11) is 1.86. The molecular formula is C15H22FN3OS. The van der Waals surface area contributed by atoms with Crippen LogP contribution < -0.4 is 10.1 Å². The van der Waals surface area contributed by atoms with Crippen LogP contribution in [0.1, 0.15) is 6.42 Å². The van der Waals surface area contributed by atoms with E-state index in [-0.39, 0.29) is 5.82 Å². The van der Waals surface area contributed by atoms with E-state index >= 15 is 0 Å². The van der Waals surface area contributed by atoms with Crippen molar-refractivity contribution in [1.82, 2.24) is 15.1 Å². The standard InChI is InChI=1S/C15H22FN3OS/c1-17-15(21)19-10-8-18(9-11-19)7-2-12-20-14-5-3-13(16)4-6-14/h3-6H,2,7-12H2,1H3,(H,17,21). The zero-order chi connectivity index (χ0) is 15.1. The van der Waals surface area contributed by atoms with Gasteiger partial charge in [0.1, 0.15) is 11.6 Å². The molecule has 6 heteroatoms. The van der Waals surface area contributed by atoms with Gasteiger partial charge >= 0.3 is 0 Å². The molecule has 1 aliphatic rings. The van der Waals surface area contributed by atoms with E-state index in [1.165, 1.54) is 12.1 Å². The van der Waals surface area contributed by atoms with Gasteiger partial charge in [-0.15, -0.1) is 0 Å². The number of hydrogen-bond donors (Lipinski definition) is 1. The minimum atomic E-state index is -0.236. The number of ether oxygens (including phenoxy) is 1. The Balaban J connectivity index is 1.60. The largest absolute Gasteiger partial charge is 0.494 e. The third-order valence-electron chi connectivity index (χ3n) is 3.57. The van der Waals surface area contributed by atoms with E-state index in [1.54, 1.807) is 12.1 Å². The van der Waals surface area contributed by atoms with Crippen LogP contribution in [0.2, 0.25) is 0 Å². The van der Waals surface area contributed by atoms with Gasteiger partial charge in [0, 0.05) is 39.8 Å². The van der Waals surface area contributed by atoms with E-state index in [2.05, 4.69) is 15.1 Å². The van der Waals surface area contributed by atoms with Gasteiger partial charge in [-0.25, -0.2) is 4.39 Å². The molecule has 0 amide bonds. The van der Waals surface area contributed by atoms with Crippen molar-refractivity contribution in [2.45, 2.75) is 6.42 Å². The molecule has 21 heavy (non-hydrogen) atoms. The first-order chi connectivity index (χ1) is 10.2. The van der Waals surface area contributed by atoms with Crippen LogP contribution in [0.5, 0.6) is 5.75 Å². The molecule has 1 fully saturated rings. The number of nitrogens with zero attached hydrogens (tertiary/aromatic N) is 2. The molecule has 0 atom stereocenters. The second kappa shape index (κ2) is 8.14. The van der Waals surface area contributed by atoms with Crippen LogP contribution in [0.3, 0.4) is 0 Å². The van der Waals surface area contributed by atoms with Gasteiger partial charge in [-0.2, -0.15) is 0 Å². The quantitative estimate of drug-likeness (QED) is 0.660. The summed E-state index contributed by atoms with van der Waals surface area (Å²) in [6.45, 7) is 5.66. The summed E-state index contributed by atoms with van der Waals surface area (Å²) in [5.41, 5.74) is 0. The first kappa shape index (κ1) is 16.0. The summed E-state index contributed by atoms with van der Waals surface area (Å²) in [4.78, 5) is 4.61. The van der Waals surface area contributed by atoms with Crippen molar-refractivity contribution < 1.29 is 9.13 Å². The van der Waals surface area contributed by atoms with Crippen LogP contribution in [0.4, 0.5) is 4.39 Å². The summed E-state index contributed by atoms with van der Waals surface area (Å²) < 4.78 is 18.3. The van der Waals surface area contributed by atoms with Crippen molar-refractivity contribution in [3.63, 3.8) is 0 Å². The molecule has 0 saturated carbocycles. The molecule has 0 bridgehead atoms. The van der Waals surface area contributed by atoms with Crippen molar-refractivity contribution in [3.05, 3.63) is 30.1 Å². The van der Waals surface area contributed by atoms with Crippen LogP contribution in [-0.4, -0.2) is 61.3 Å². The molecule has 0 aliphatic carbocycles. The highest BCUT2D eigenvalue weighted by molar-refractivity contribution is 7.80. The van der Waals surface area contributed by atoms with Crippen LogP contribution in [0, 0.1) is 5.82 Å². The van der Waals surface area contributed by atoms with Crippen molar-refractivity contribution in [2.24, 2.45) is 0 Å². The van der Waals surface area contributed by atoms with Gasteiger partial charge in [0.15, 0.2) is 5.11 Å². The number of halogens is 1. The summed E-state index contributed by atoms with van der Waals surface area (Å²) in [5.74, 6) is 0.486. The lowest BCUT2D eigenvalue weighted by Gasteiger charge is -2.35. The summed E-state index contributed by atoms with van der Waals surface area (Å²) in [5, 5.41) is 3.84. The van der Waals surface area contributed by atoms with Crippen LogP contribution in [-0.2, 0) is 0 Å². The number of rotatable bonds is 5. The highest BCUT2D eigenvalue weighted by Gasteiger charge is 2.17. The fourth-order valence-corrected chi connectivity index (χ4v) is 2.52. The lowest BCUT2D eigenvalue weighted by atomic mass is 10.3. The number of thiocarbonyl (C=S) groups is 1. The second-order valence-corrected chi connectivity index (χ2v) is 5.43. The van der Waals surface area contributed by atoms with Crippen molar-refractivity contribution in [3.8, 4) is 5.75 Å². The number of benzene rings is 1. The molecule has 1 heterocycles. The minimum absolute atomic E-state index is 0.236. The maximum atomic E-state index is 12.8. The Morgan fingerprint density at radius 1 is 1.24 bits per heavy atom. The van der Waals surface area contributed by atoms with Gasteiger partial charge in [-0.05, 0) is 42.9 Å². The fraction of sp³-hybridized carbons (Fsp3) is 0.533. The van der Waals surface area contributed by atoms with Gasteiger partial charge in [0.25, 0.3) is 0 Å². The molecule has 4 nitrogen and oxygen atoms in total. The predicted molar refractivity (Wildman–Crippen MR) is 86.2 cm³/mol. The van der Waals surface area contributed by atoms with Gasteiger partial charge < -0.3 is 15.0 Å². The lowest BCUT2D eigenvalue weighted by Crippen LogP contribution is -2.51. The monoisotopic (exact) mass is 311 g/mol. The molecular weight excluding hydrogens is 289 g/mol. The zero-order valence-corrected chi connectivity index (χ0v) is 13.2. The van der Waals surface area contributed by atoms with Gasteiger partial charge in [-0.1, -0.05) is 0 Å². The van der Waals surface area contributed by atoms with Crippen molar-refractivity contribution in [1.29, 1.82) is 0 Å². The second-order valence-electron chi connectivity index (χ2n) is 5.04. The van der Waals surface area contributed by atoms with Gasteiger partial charge in [0.2, 0.25) is 0 Å². The average molecular weight is 311 g/mol. The van der Waals surface area contributed by atoms with Crippen LogP contribution in [0.25, 0.3) is 0 Å². The Kier molecular flexibility index (Phi) is 6.20. The van der Waals surface area contributed by atoms with E-state index in [0.29, 0.717) is 6.61 Å². The normalized spacial score (nSPS) is 15.8. The van der Waals surface area contributed by atoms with Gasteiger partial charge in [-0.3, -0.25) is 4.90 Å².